The maximum absolute atomic E-state index is 10.1. The zero-order chi connectivity index (χ0) is 6.36. The van der Waals surface area contributed by atoms with E-state index in [4.69, 9.17) is 10.8 Å². The molecule has 0 radical (unpaired) electrons. The van der Waals surface area contributed by atoms with Crippen LogP contribution >= 0.6 is 0 Å². The molecule has 0 bridgehead atoms. The van der Waals surface area contributed by atoms with E-state index < -0.39 is 11.5 Å². The van der Waals surface area contributed by atoms with Gasteiger partial charge in [0.1, 0.15) is 0 Å². The molecular formula is C5H7NO2. The molecule has 0 aliphatic heterocycles. The number of rotatable bonds is 1. The topological polar surface area (TPSA) is 63.3 Å². The van der Waals surface area contributed by atoms with Crippen LogP contribution < -0.4 is 5.73 Å². The molecule has 1 aliphatic carbocycles. The van der Waals surface area contributed by atoms with Crippen LogP contribution in [0.4, 0.5) is 0 Å². The van der Waals surface area contributed by atoms with Crippen molar-refractivity contribution in [3.63, 3.8) is 0 Å². The number of carboxylic acid groups (broad SMARTS) is 1. The Hall–Kier alpha value is -0.830. The van der Waals surface area contributed by atoms with E-state index in [2.05, 4.69) is 0 Å². The fourth-order valence-corrected chi connectivity index (χ4v) is 0.536. The summed E-state index contributed by atoms with van der Waals surface area (Å²) < 4.78 is 0. The summed E-state index contributed by atoms with van der Waals surface area (Å²) in [6.07, 6.45) is 1.52. The summed E-state index contributed by atoms with van der Waals surface area (Å²) in [7, 11) is 0. The highest BCUT2D eigenvalue weighted by Gasteiger charge is 2.44. The second kappa shape index (κ2) is 1.11. The molecule has 0 heterocycles. The Bertz CT molecular complexity index is 173. The van der Waals surface area contributed by atoms with E-state index in [0.29, 0.717) is 0 Å². The van der Waals surface area contributed by atoms with E-state index in [1.165, 1.54) is 6.08 Å². The number of nitrogens with two attached hydrogens (primary N) is 1. The average molecular weight is 113 g/mol. The fraction of sp³-hybridized carbons (Fsp3) is 0.400. The van der Waals surface area contributed by atoms with Crippen molar-refractivity contribution in [1.29, 1.82) is 0 Å². The van der Waals surface area contributed by atoms with Gasteiger partial charge in [-0.25, -0.2) is 4.79 Å². The van der Waals surface area contributed by atoms with Crippen LogP contribution in [0.5, 0.6) is 0 Å². The first kappa shape index (κ1) is 5.31. The molecule has 0 aromatic rings. The molecule has 0 saturated heterocycles. The van der Waals surface area contributed by atoms with E-state index in [1.807, 2.05) is 0 Å². The van der Waals surface area contributed by atoms with Crippen LogP contribution in [-0.4, -0.2) is 16.6 Å². The highest BCUT2D eigenvalue weighted by Crippen LogP contribution is 2.30. The molecule has 1 aliphatic rings. The smallest absolute Gasteiger partial charge is 0.332 e. The monoisotopic (exact) mass is 113 g/mol. The summed E-state index contributed by atoms with van der Waals surface area (Å²) in [6, 6.07) is 0. The lowest BCUT2D eigenvalue weighted by atomic mass is 10.2. The van der Waals surface area contributed by atoms with Gasteiger partial charge in [-0.2, -0.15) is 0 Å². The Morgan fingerprint density at radius 3 is 2.38 bits per heavy atom. The van der Waals surface area contributed by atoms with Gasteiger partial charge in [0.25, 0.3) is 0 Å². The van der Waals surface area contributed by atoms with E-state index in [1.54, 1.807) is 6.92 Å². The predicted molar refractivity (Wildman–Crippen MR) is 28.3 cm³/mol. The number of hydrogen-bond donors (Lipinski definition) is 2. The lowest BCUT2D eigenvalue weighted by Crippen LogP contribution is -2.35. The third kappa shape index (κ3) is 0.448. The fourth-order valence-electron chi connectivity index (χ4n) is 0.536. The van der Waals surface area contributed by atoms with Gasteiger partial charge in [-0.3, -0.25) is 0 Å². The minimum absolute atomic E-state index is 0.741. The molecule has 1 unspecified atom stereocenters. The predicted octanol–water partition coefficient (Wildman–Crippen LogP) is -0.272. The number of aliphatic carboxylic acids is 1. The molecule has 0 saturated carbocycles. The van der Waals surface area contributed by atoms with Gasteiger partial charge in [0.05, 0.1) is 0 Å². The van der Waals surface area contributed by atoms with Crippen molar-refractivity contribution in [3.8, 4) is 0 Å². The molecule has 0 spiro atoms. The summed E-state index contributed by atoms with van der Waals surface area (Å²) in [6.45, 7) is 1.70. The van der Waals surface area contributed by atoms with Gasteiger partial charge in [0, 0.05) is 0 Å². The van der Waals surface area contributed by atoms with Gasteiger partial charge in [-0.15, -0.1) is 0 Å². The zero-order valence-electron chi connectivity index (χ0n) is 4.51. The quantitative estimate of drug-likeness (QED) is 0.460. The van der Waals surface area contributed by atoms with Crippen molar-refractivity contribution in [2.24, 2.45) is 5.73 Å². The number of carboxylic acids is 1. The Morgan fingerprint density at radius 1 is 2.00 bits per heavy atom. The van der Waals surface area contributed by atoms with Gasteiger partial charge in [0.2, 0.25) is 0 Å². The minimum Gasteiger partial charge on any atom is -0.479 e. The second-order valence-electron chi connectivity index (χ2n) is 2.00. The molecule has 3 nitrogen and oxygen atoms in total. The SMILES string of the molecule is CC1=CC1(N)C(=O)O. The first-order valence-electron chi connectivity index (χ1n) is 2.29. The van der Waals surface area contributed by atoms with Crippen LogP contribution in [0.2, 0.25) is 0 Å². The van der Waals surface area contributed by atoms with Gasteiger partial charge in [-0.1, -0.05) is 0 Å². The molecule has 0 aromatic carbocycles. The lowest BCUT2D eigenvalue weighted by Gasteiger charge is -2.00. The van der Waals surface area contributed by atoms with Crippen LogP contribution in [0, 0.1) is 0 Å². The van der Waals surface area contributed by atoms with Crippen molar-refractivity contribution in [2.45, 2.75) is 12.5 Å². The first-order valence-corrected chi connectivity index (χ1v) is 2.29. The Morgan fingerprint density at radius 2 is 2.38 bits per heavy atom. The Kier molecular flexibility index (Phi) is 0.739. The summed E-state index contributed by atoms with van der Waals surface area (Å²) in [5.74, 6) is -0.963. The molecule has 1 rings (SSSR count). The van der Waals surface area contributed by atoms with Crippen molar-refractivity contribution in [1.82, 2.24) is 0 Å². The van der Waals surface area contributed by atoms with Crippen LogP contribution in [0.1, 0.15) is 6.92 Å². The van der Waals surface area contributed by atoms with Crippen LogP contribution in [0.15, 0.2) is 11.6 Å². The summed E-state index contributed by atoms with van der Waals surface area (Å²) in [5.41, 5.74) is 4.90. The molecule has 0 aromatic heterocycles. The van der Waals surface area contributed by atoms with E-state index >= 15 is 0 Å². The van der Waals surface area contributed by atoms with Gasteiger partial charge in [0.15, 0.2) is 5.54 Å². The third-order valence-corrected chi connectivity index (χ3v) is 1.37. The van der Waals surface area contributed by atoms with Gasteiger partial charge >= 0.3 is 5.97 Å². The van der Waals surface area contributed by atoms with Crippen molar-refractivity contribution in [3.05, 3.63) is 11.6 Å². The normalized spacial score (nSPS) is 34.0. The largest absolute Gasteiger partial charge is 0.479 e. The zero-order valence-corrected chi connectivity index (χ0v) is 4.51. The van der Waals surface area contributed by atoms with Crippen LogP contribution in [-0.2, 0) is 4.79 Å². The summed E-state index contributed by atoms with van der Waals surface area (Å²) in [4.78, 5) is 10.1. The highest BCUT2D eigenvalue weighted by atomic mass is 16.4. The molecule has 0 amide bonds. The van der Waals surface area contributed by atoms with Crippen molar-refractivity contribution < 1.29 is 9.90 Å². The van der Waals surface area contributed by atoms with Crippen molar-refractivity contribution >= 4 is 5.97 Å². The van der Waals surface area contributed by atoms with Crippen LogP contribution in [0.3, 0.4) is 0 Å². The average Bonchev–Trinajstić information content (AvgIpc) is 2.17. The highest BCUT2D eigenvalue weighted by molar-refractivity contribution is 5.91. The lowest BCUT2D eigenvalue weighted by molar-refractivity contribution is -0.138. The minimum atomic E-state index is -1.08. The van der Waals surface area contributed by atoms with Gasteiger partial charge < -0.3 is 10.8 Å². The molecule has 8 heavy (non-hydrogen) atoms. The Labute approximate surface area is 46.8 Å². The van der Waals surface area contributed by atoms with Crippen molar-refractivity contribution in [2.75, 3.05) is 0 Å². The first-order chi connectivity index (χ1) is 3.57. The molecule has 0 fully saturated rings. The maximum Gasteiger partial charge on any atom is 0.332 e. The molecular weight excluding hydrogens is 106 g/mol. The molecule has 3 heteroatoms. The van der Waals surface area contributed by atoms with Crippen LogP contribution in [0.25, 0.3) is 0 Å². The van der Waals surface area contributed by atoms with E-state index in [-0.39, 0.29) is 0 Å². The summed E-state index contributed by atoms with van der Waals surface area (Å²) in [5, 5.41) is 8.31. The number of carbonyl (C=O) groups is 1. The molecule has 44 valence electrons. The van der Waals surface area contributed by atoms with E-state index in [0.717, 1.165) is 5.57 Å². The Balaban J connectivity index is 2.64. The van der Waals surface area contributed by atoms with E-state index in [9.17, 15) is 4.79 Å². The second-order valence-corrected chi connectivity index (χ2v) is 2.00. The standard InChI is InChI=1S/C5H7NO2/c1-3-2-5(3,6)4(7)8/h2H,6H2,1H3,(H,7,8). The summed E-state index contributed by atoms with van der Waals surface area (Å²) >= 11 is 0. The molecule has 1 atom stereocenters. The maximum atomic E-state index is 10.1. The van der Waals surface area contributed by atoms with Gasteiger partial charge in [-0.05, 0) is 18.6 Å². The molecule has 3 N–H and O–H groups in total. The number of hydrogen-bond acceptors (Lipinski definition) is 2. The third-order valence-electron chi connectivity index (χ3n) is 1.37.